The lowest BCUT2D eigenvalue weighted by molar-refractivity contribution is -0.117. The van der Waals surface area contributed by atoms with Gasteiger partial charge in [0.05, 0.1) is 0 Å². The first kappa shape index (κ1) is 22.2. The normalized spacial score (nSPS) is 11.6. The minimum Gasteiger partial charge on any atom is -0.361 e. The molecule has 0 aliphatic heterocycles. The summed E-state index contributed by atoms with van der Waals surface area (Å²) in [6.45, 7) is 0.987. The number of hydrogen-bond donors (Lipinski definition) is 2. The lowest BCUT2D eigenvalue weighted by Gasteiger charge is -2.07. The Hall–Kier alpha value is -4.63. The van der Waals surface area contributed by atoms with Crippen molar-refractivity contribution in [2.45, 2.75) is 13.0 Å². The first-order valence-corrected chi connectivity index (χ1v) is 11.4. The Morgan fingerprint density at radius 2 is 1.97 bits per heavy atom. The average molecular weight is 463 g/mol. The van der Waals surface area contributed by atoms with E-state index in [4.69, 9.17) is 0 Å². The van der Waals surface area contributed by atoms with E-state index in [-0.39, 0.29) is 11.4 Å². The number of H-pyrrole nitrogens is 1. The van der Waals surface area contributed by atoms with Crippen LogP contribution in [0.25, 0.3) is 27.9 Å². The Labute approximate surface area is 202 Å². The quantitative estimate of drug-likeness (QED) is 0.245. The second-order valence-corrected chi connectivity index (χ2v) is 8.43. The number of halogens is 1. The van der Waals surface area contributed by atoms with Gasteiger partial charge in [0.15, 0.2) is 0 Å². The predicted octanol–water partition coefficient (Wildman–Crippen LogP) is 5.58. The molecule has 172 valence electrons. The van der Waals surface area contributed by atoms with E-state index in [1.165, 1.54) is 12.1 Å². The van der Waals surface area contributed by atoms with Crippen molar-refractivity contribution in [3.63, 3.8) is 0 Å². The zero-order chi connectivity index (χ0) is 24.2. The van der Waals surface area contributed by atoms with Gasteiger partial charge >= 0.3 is 0 Å². The van der Waals surface area contributed by atoms with Crippen molar-refractivity contribution in [2.24, 2.45) is 0 Å². The minimum absolute atomic E-state index is 0.0578. The number of rotatable bonds is 7. The van der Waals surface area contributed by atoms with Crippen LogP contribution in [0.2, 0.25) is 0 Å². The summed E-state index contributed by atoms with van der Waals surface area (Å²) in [5, 5.41) is 14.5. The van der Waals surface area contributed by atoms with E-state index in [0.29, 0.717) is 19.5 Å². The Bertz CT molecular complexity index is 1600. The number of nitrogens with one attached hydrogen (secondary N) is 2. The third-order valence-electron chi connectivity index (χ3n) is 6.07. The number of benzene rings is 3. The standard InChI is InChI=1S/C29H23FN4O/c30-25-5-3-4-21(16-25)19-34-13-11-22-14-20(8-9-28(22)34)15-24(17-31)29(35)32-12-10-23-18-33-27-7-2-1-6-26(23)27/h1-9,11,13-16,18,33H,10,12,19H2,(H,32,35)/b24-15-. The highest BCUT2D eigenvalue weighted by Gasteiger charge is 2.11. The fourth-order valence-corrected chi connectivity index (χ4v) is 4.34. The van der Waals surface area contributed by atoms with E-state index in [9.17, 15) is 14.4 Å². The molecule has 0 saturated carbocycles. The molecule has 2 N–H and O–H groups in total. The number of hydrogen-bond acceptors (Lipinski definition) is 2. The number of nitriles is 1. The summed E-state index contributed by atoms with van der Waals surface area (Å²) >= 11 is 0. The van der Waals surface area contributed by atoms with Gasteiger partial charge in [-0.2, -0.15) is 5.26 Å². The zero-order valence-electron chi connectivity index (χ0n) is 19.0. The Balaban J connectivity index is 1.27. The molecule has 0 bridgehead atoms. The van der Waals surface area contributed by atoms with Gasteiger partial charge in [-0.3, -0.25) is 4.79 Å². The molecule has 5 aromatic rings. The van der Waals surface area contributed by atoms with Gasteiger partial charge in [0.25, 0.3) is 5.91 Å². The maximum absolute atomic E-state index is 13.5. The zero-order valence-corrected chi connectivity index (χ0v) is 19.0. The second kappa shape index (κ2) is 9.70. The predicted molar refractivity (Wildman–Crippen MR) is 136 cm³/mol. The third kappa shape index (κ3) is 4.85. The topological polar surface area (TPSA) is 73.6 Å². The molecule has 6 heteroatoms. The monoisotopic (exact) mass is 462 g/mol. The lowest BCUT2D eigenvalue weighted by Crippen LogP contribution is -2.26. The molecule has 0 fully saturated rings. The molecule has 2 aromatic heterocycles. The molecule has 0 atom stereocenters. The summed E-state index contributed by atoms with van der Waals surface area (Å²) in [5.41, 5.74) is 4.88. The summed E-state index contributed by atoms with van der Waals surface area (Å²) in [7, 11) is 0. The van der Waals surface area contributed by atoms with Crippen molar-refractivity contribution < 1.29 is 9.18 Å². The molecule has 2 heterocycles. The van der Waals surface area contributed by atoms with Crippen molar-refractivity contribution in [1.82, 2.24) is 14.9 Å². The highest BCUT2D eigenvalue weighted by molar-refractivity contribution is 6.02. The van der Waals surface area contributed by atoms with Crippen LogP contribution in [0.5, 0.6) is 0 Å². The molecule has 0 saturated heterocycles. The van der Waals surface area contributed by atoms with Gasteiger partial charge in [-0.15, -0.1) is 0 Å². The number of aromatic nitrogens is 2. The van der Waals surface area contributed by atoms with Crippen LogP contribution in [0, 0.1) is 17.1 Å². The van der Waals surface area contributed by atoms with Crippen molar-refractivity contribution in [2.75, 3.05) is 6.54 Å². The maximum Gasteiger partial charge on any atom is 0.261 e. The highest BCUT2D eigenvalue weighted by atomic mass is 19.1. The van der Waals surface area contributed by atoms with Crippen LogP contribution in [-0.2, 0) is 17.8 Å². The molecule has 1 amide bonds. The van der Waals surface area contributed by atoms with Gasteiger partial charge in [0, 0.05) is 47.3 Å². The third-order valence-corrected chi connectivity index (χ3v) is 6.07. The van der Waals surface area contributed by atoms with E-state index in [2.05, 4.69) is 10.3 Å². The summed E-state index contributed by atoms with van der Waals surface area (Å²) in [6, 6.07) is 24.3. The number of carbonyl (C=O) groups excluding carboxylic acids is 1. The lowest BCUT2D eigenvalue weighted by atomic mass is 10.1. The van der Waals surface area contributed by atoms with Crippen molar-refractivity contribution in [1.29, 1.82) is 5.26 Å². The Morgan fingerprint density at radius 3 is 2.83 bits per heavy atom. The van der Waals surface area contributed by atoms with Crippen LogP contribution < -0.4 is 5.32 Å². The number of fused-ring (bicyclic) bond motifs is 2. The fraction of sp³-hybridized carbons (Fsp3) is 0.103. The smallest absolute Gasteiger partial charge is 0.261 e. The molecule has 0 unspecified atom stereocenters. The molecule has 0 aliphatic carbocycles. The molecule has 5 nitrogen and oxygen atoms in total. The van der Waals surface area contributed by atoms with Crippen molar-refractivity contribution in [3.8, 4) is 6.07 Å². The maximum atomic E-state index is 13.5. The number of nitrogens with zero attached hydrogens (tertiary/aromatic N) is 2. The largest absolute Gasteiger partial charge is 0.361 e. The van der Waals surface area contributed by atoms with Crippen molar-refractivity contribution >= 4 is 33.8 Å². The van der Waals surface area contributed by atoms with E-state index < -0.39 is 5.91 Å². The van der Waals surface area contributed by atoms with E-state index in [1.807, 2.05) is 77.6 Å². The van der Waals surface area contributed by atoms with E-state index >= 15 is 0 Å². The SMILES string of the molecule is N#C/C(=C/c1ccc2c(ccn2Cc2cccc(F)c2)c1)C(=O)NCCc1c[nH]c2ccccc12. The van der Waals surface area contributed by atoms with Gasteiger partial charge < -0.3 is 14.9 Å². The summed E-state index contributed by atoms with van der Waals surface area (Å²) in [4.78, 5) is 15.9. The summed E-state index contributed by atoms with van der Waals surface area (Å²) in [5.74, 6) is -0.647. The molecule has 3 aromatic carbocycles. The van der Waals surface area contributed by atoms with E-state index in [1.54, 1.807) is 12.1 Å². The molecule has 0 aliphatic rings. The number of carbonyl (C=O) groups is 1. The second-order valence-electron chi connectivity index (χ2n) is 8.43. The number of amides is 1. The molecule has 0 radical (unpaired) electrons. The molecule has 0 spiro atoms. The highest BCUT2D eigenvalue weighted by Crippen LogP contribution is 2.21. The number of para-hydroxylation sites is 1. The van der Waals surface area contributed by atoms with Gasteiger partial charge in [0.2, 0.25) is 0 Å². The molecular weight excluding hydrogens is 439 g/mol. The average Bonchev–Trinajstić information content (AvgIpc) is 3.46. The van der Waals surface area contributed by atoms with Crippen LogP contribution >= 0.6 is 0 Å². The van der Waals surface area contributed by atoms with E-state index in [0.717, 1.165) is 38.5 Å². The summed E-state index contributed by atoms with van der Waals surface area (Å²) in [6.07, 6.45) is 6.17. The molecule has 35 heavy (non-hydrogen) atoms. The first-order chi connectivity index (χ1) is 17.1. The Kier molecular flexibility index (Phi) is 6.15. The van der Waals surface area contributed by atoms with Crippen LogP contribution in [0.3, 0.4) is 0 Å². The van der Waals surface area contributed by atoms with Crippen molar-refractivity contribution in [3.05, 3.63) is 113 Å². The van der Waals surface area contributed by atoms with Crippen LogP contribution in [-0.4, -0.2) is 22.0 Å². The fourth-order valence-electron chi connectivity index (χ4n) is 4.34. The first-order valence-electron chi connectivity index (χ1n) is 11.4. The van der Waals surface area contributed by atoms with Crippen LogP contribution in [0.1, 0.15) is 16.7 Å². The molecular formula is C29H23FN4O. The van der Waals surface area contributed by atoms with Gasteiger partial charge in [-0.1, -0.05) is 36.4 Å². The molecule has 5 rings (SSSR count). The van der Waals surface area contributed by atoms with Gasteiger partial charge in [-0.25, -0.2) is 4.39 Å². The van der Waals surface area contributed by atoms with Crippen LogP contribution in [0.4, 0.5) is 4.39 Å². The van der Waals surface area contributed by atoms with Crippen LogP contribution in [0.15, 0.2) is 90.8 Å². The Morgan fingerprint density at radius 1 is 1.09 bits per heavy atom. The van der Waals surface area contributed by atoms with Gasteiger partial charge in [-0.05, 0) is 65.6 Å². The number of aromatic amines is 1. The van der Waals surface area contributed by atoms with Gasteiger partial charge in [0.1, 0.15) is 17.5 Å². The summed E-state index contributed by atoms with van der Waals surface area (Å²) < 4.78 is 15.6. The minimum atomic E-state index is -0.392.